The first-order valence-electron chi connectivity index (χ1n) is 7.27. The molecule has 2 rings (SSSR count). The molecule has 0 spiro atoms. The van der Waals surface area contributed by atoms with Gasteiger partial charge in [0, 0.05) is 18.2 Å². The van der Waals surface area contributed by atoms with Crippen molar-refractivity contribution in [2.24, 2.45) is 0 Å². The molecule has 1 aliphatic carbocycles. The summed E-state index contributed by atoms with van der Waals surface area (Å²) in [5, 5.41) is 3.57. The summed E-state index contributed by atoms with van der Waals surface area (Å²) in [6.07, 6.45) is 11.7. The van der Waals surface area contributed by atoms with E-state index in [0.29, 0.717) is 0 Å². The summed E-state index contributed by atoms with van der Waals surface area (Å²) in [5.41, 5.74) is 1.27. The predicted molar refractivity (Wildman–Crippen MR) is 74.5 cm³/mol. The van der Waals surface area contributed by atoms with Gasteiger partial charge in [0.05, 0.1) is 12.5 Å². The molecule has 1 saturated carbocycles. The number of hydrogen-bond acceptors (Lipinski definition) is 3. The first kappa shape index (κ1) is 13.6. The van der Waals surface area contributed by atoms with Gasteiger partial charge in [0.1, 0.15) is 0 Å². The monoisotopic (exact) mass is 250 g/mol. The van der Waals surface area contributed by atoms with Crippen LogP contribution in [0, 0.1) is 0 Å². The third-order valence-corrected chi connectivity index (χ3v) is 3.51. The van der Waals surface area contributed by atoms with Crippen molar-refractivity contribution in [3.8, 4) is 0 Å². The van der Waals surface area contributed by atoms with E-state index in [2.05, 4.69) is 17.3 Å². The second kappa shape index (κ2) is 7.59. The molecule has 0 unspecified atom stereocenters. The van der Waals surface area contributed by atoms with Crippen LogP contribution in [0.4, 0.5) is 0 Å². The van der Waals surface area contributed by atoms with E-state index in [1.807, 2.05) is 12.3 Å². The molecule has 3 nitrogen and oxygen atoms in total. The van der Waals surface area contributed by atoms with Gasteiger partial charge in [-0.05, 0) is 51.9 Å². The van der Waals surface area contributed by atoms with Gasteiger partial charge < -0.3 is 14.6 Å². The van der Waals surface area contributed by atoms with E-state index in [-0.39, 0.29) is 0 Å². The maximum absolute atomic E-state index is 5.08. The van der Waals surface area contributed by atoms with E-state index < -0.39 is 0 Å². The van der Waals surface area contributed by atoms with E-state index in [1.165, 1.54) is 57.2 Å². The molecule has 1 aromatic rings. The first-order valence-corrected chi connectivity index (χ1v) is 7.27. The number of hydrogen-bond donors (Lipinski definition) is 1. The number of furan rings is 1. The summed E-state index contributed by atoms with van der Waals surface area (Å²) in [6, 6.07) is 2.91. The molecule has 1 N–H and O–H groups in total. The number of unbranched alkanes of at least 4 members (excludes halogenated alkanes) is 3. The fourth-order valence-corrected chi connectivity index (χ4v) is 2.23. The molecule has 3 heteroatoms. The molecule has 0 amide bonds. The molecule has 0 aromatic carbocycles. The molecule has 0 bridgehead atoms. The normalized spacial score (nSPS) is 15.4. The van der Waals surface area contributed by atoms with Gasteiger partial charge in [0.15, 0.2) is 0 Å². The van der Waals surface area contributed by atoms with Crippen LogP contribution >= 0.6 is 0 Å². The standard InChI is InChI=1S/C15H26N2O/c1-17(12-14-8-11-18-13-14)10-5-3-2-4-9-16-15-6-7-15/h8,11,13,15-16H,2-7,9-10,12H2,1H3. The smallest absolute Gasteiger partial charge is 0.0947 e. The Balaban J connectivity index is 1.39. The number of nitrogens with zero attached hydrogens (tertiary/aromatic N) is 1. The van der Waals surface area contributed by atoms with Crippen molar-refractivity contribution in [3.05, 3.63) is 24.2 Å². The minimum atomic E-state index is 0.867. The van der Waals surface area contributed by atoms with Gasteiger partial charge in [-0.1, -0.05) is 12.8 Å². The van der Waals surface area contributed by atoms with Crippen LogP contribution in [0.15, 0.2) is 23.0 Å². The quantitative estimate of drug-likeness (QED) is 0.647. The van der Waals surface area contributed by atoms with Gasteiger partial charge in [-0.3, -0.25) is 0 Å². The van der Waals surface area contributed by atoms with Crippen LogP contribution in [0.25, 0.3) is 0 Å². The van der Waals surface area contributed by atoms with Crippen LogP contribution in [0.1, 0.15) is 44.1 Å². The minimum Gasteiger partial charge on any atom is -0.472 e. The Bertz CT molecular complexity index is 306. The fraction of sp³-hybridized carbons (Fsp3) is 0.733. The fourth-order valence-electron chi connectivity index (χ4n) is 2.23. The molecule has 18 heavy (non-hydrogen) atoms. The number of rotatable bonds is 10. The summed E-state index contributed by atoms with van der Waals surface area (Å²) in [4.78, 5) is 2.37. The second-order valence-corrected chi connectivity index (χ2v) is 5.51. The Kier molecular flexibility index (Phi) is 5.75. The average Bonchev–Trinajstić information content (AvgIpc) is 3.04. The Morgan fingerprint density at radius 3 is 2.83 bits per heavy atom. The third kappa shape index (κ3) is 5.69. The highest BCUT2D eigenvalue weighted by Crippen LogP contribution is 2.18. The minimum absolute atomic E-state index is 0.867. The van der Waals surface area contributed by atoms with Gasteiger partial charge in [-0.25, -0.2) is 0 Å². The molecule has 102 valence electrons. The molecule has 0 atom stereocenters. The van der Waals surface area contributed by atoms with E-state index in [4.69, 9.17) is 4.42 Å². The average molecular weight is 250 g/mol. The van der Waals surface area contributed by atoms with Crippen molar-refractivity contribution in [1.29, 1.82) is 0 Å². The molecule has 1 aliphatic rings. The zero-order chi connectivity index (χ0) is 12.6. The predicted octanol–water partition coefficient (Wildman–Crippen LogP) is 3.02. The lowest BCUT2D eigenvalue weighted by molar-refractivity contribution is 0.315. The van der Waals surface area contributed by atoms with Crippen molar-refractivity contribution < 1.29 is 4.42 Å². The van der Waals surface area contributed by atoms with Crippen LogP contribution in [-0.2, 0) is 6.54 Å². The lowest BCUT2D eigenvalue weighted by Gasteiger charge is -2.15. The van der Waals surface area contributed by atoms with Crippen molar-refractivity contribution >= 4 is 0 Å². The Labute approximate surface area is 111 Å². The zero-order valence-corrected chi connectivity index (χ0v) is 11.5. The van der Waals surface area contributed by atoms with Gasteiger partial charge in [-0.2, -0.15) is 0 Å². The summed E-state index contributed by atoms with van der Waals surface area (Å²) in [5.74, 6) is 0. The highest BCUT2D eigenvalue weighted by atomic mass is 16.3. The van der Waals surface area contributed by atoms with Crippen LogP contribution < -0.4 is 5.32 Å². The van der Waals surface area contributed by atoms with Gasteiger partial charge >= 0.3 is 0 Å². The zero-order valence-electron chi connectivity index (χ0n) is 11.5. The van der Waals surface area contributed by atoms with Gasteiger partial charge in [-0.15, -0.1) is 0 Å². The molecule has 0 aliphatic heterocycles. The Morgan fingerprint density at radius 1 is 1.28 bits per heavy atom. The molecule has 1 heterocycles. The summed E-state index contributed by atoms with van der Waals surface area (Å²) in [7, 11) is 2.18. The highest BCUT2D eigenvalue weighted by molar-refractivity contribution is 5.04. The maximum Gasteiger partial charge on any atom is 0.0947 e. The molecule has 0 saturated heterocycles. The molecule has 1 aromatic heterocycles. The first-order chi connectivity index (χ1) is 8.84. The topological polar surface area (TPSA) is 28.4 Å². The Hall–Kier alpha value is -0.800. The molecular formula is C15H26N2O. The van der Waals surface area contributed by atoms with E-state index in [0.717, 1.165) is 12.6 Å². The van der Waals surface area contributed by atoms with E-state index in [9.17, 15) is 0 Å². The lowest BCUT2D eigenvalue weighted by Crippen LogP contribution is -2.19. The van der Waals surface area contributed by atoms with Crippen LogP contribution in [0.5, 0.6) is 0 Å². The van der Waals surface area contributed by atoms with Gasteiger partial charge in [0.2, 0.25) is 0 Å². The van der Waals surface area contributed by atoms with Crippen molar-refractivity contribution in [2.75, 3.05) is 20.1 Å². The summed E-state index contributed by atoms with van der Waals surface area (Å²) in [6.45, 7) is 3.40. The van der Waals surface area contributed by atoms with Crippen molar-refractivity contribution in [1.82, 2.24) is 10.2 Å². The molecule has 1 fully saturated rings. The van der Waals surface area contributed by atoms with Crippen molar-refractivity contribution in [3.63, 3.8) is 0 Å². The largest absolute Gasteiger partial charge is 0.472 e. The molecular weight excluding hydrogens is 224 g/mol. The summed E-state index contributed by atoms with van der Waals surface area (Å²) < 4.78 is 5.08. The van der Waals surface area contributed by atoms with Crippen LogP contribution in [0.2, 0.25) is 0 Å². The van der Waals surface area contributed by atoms with E-state index >= 15 is 0 Å². The molecule has 0 radical (unpaired) electrons. The van der Waals surface area contributed by atoms with Crippen LogP contribution in [-0.4, -0.2) is 31.1 Å². The second-order valence-electron chi connectivity index (χ2n) is 5.51. The maximum atomic E-state index is 5.08. The Morgan fingerprint density at radius 2 is 2.11 bits per heavy atom. The SMILES string of the molecule is CN(CCCCCCNC1CC1)Cc1ccoc1. The third-order valence-electron chi connectivity index (χ3n) is 3.51. The van der Waals surface area contributed by atoms with Crippen LogP contribution in [0.3, 0.4) is 0 Å². The van der Waals surface area contributed by atoms with Crippen molar-refractivity contribution in [2.45, 2.75) is 51.1 Å². The van der Waals surface area contributed by atoms with E-state index in [1.54, 1.807) is 6.26 Å². The summed E-state index contributed by atoms with van der Waals surface area (Å²) >= 11 is 0. The number of nitrogens with one attached hydrogen (secondary N) is 1. The lowest BCUT2D eigenvalue weighted by atomic mass is 10.2. The van der Waals surface area contributed by atoms with Gasteiger partial charge in [0.25, 0.3) is 0 Å². The highest BCUT2D eigenvalue weighted by Gasteiger charge is 2.19.